The maximum atomic E-state index is 12.8. The lowest BCUT2D eigenvalue weighted by Gasteiger charge is -2.22. The molecular weight excluding hydrogens is 282 g/mol. The van der Waals surface area contributed by atoms with Gasteiger partial charge < -0.3 is 10.0 Å². The number of aryl methyl sites for hydroxylation is 1. The Morgan fingerprint density at radius 2 is 2.05 bits per heavy atom. The van der Waals surface area contributed by atoms with Crippen LogP contribution >= 0.6 is 0 Å². The molecule has 1 aliphatic rings. The molecule has 122 valence electrons. The van der Waals surface area contributed by atoms with Gasteiger partial charge in [0.05, 0.1) is 17.2 Å². The number of carbonyl (C=O) groups excluding carboxylic acids is 1. The minimum Gasteiger partial charge on any atom is -0.481 e. The van der Waals surface area contributed by atoms with E-state index >= 15 is 0 Å². The molecule has 0 aliphatic carbocycles. The molecule has 22 heavy (non-hydrogen) atoms. The van der Waals surface area contributed by atoms with Gasteiger partial charge in [0.2, 0.25) is 0 Å². The van der Waals surface area contributed by atoms with E-state index in [9.17, 15) is 14.7 Å². The van der Waals surface area contributed by atoms with Crippen molar-refractivity contribution in [1.29, 1.82) is 0 Å². The second-order valence-corrected chi connectivity index (χ2v) is 6.43. The fourth-order valence-corrected chi connectivity index (χ4v) is 3.06. The zero-order chi connectivity index (χ0) is 16.5. The first-order valence-electron chi connectivity index (χ1n) is 7.91. The van der Waals surface area contributed by atoms with Gasteiger partial charge in [0.25, 0.3) is 5.91 Å². The number of carbonyl (C=O) groups is 2. The topological polar surface area (TPSA) is 75.4 Å². The Hall–Kier alpha value is -1.85. The molecule has 2 heterocycles. The third-order valence-corrected chi connectivity index (χ3v) is 4.64. The minimum absolute atomic E-state index is 0.113. The molecule has 0 spiro atoms. The summed E-state index contributed by atoms with van der Waals surface area (Å²) in [7, 11) is 0. The number of carboxylic acids is 1. The van der Waals surface area contributed by atoms with Crippen LogP contribution in [-0.2, 0) is 4.79 Å². The molecule has 1 fully saturated rings. The molecule has 2 rings (SSSR count). The van der Waals surface area contributed by atoms with Crippen molar-refractivity contribution in [2.75, 3.05) is 13.1 Å². The van der Waals surface area contributed by atoms with Gasteiger partial charge in [-0.05, 0) is 39.2 Å². The maximum absolute atomic E-state index is 12.8. The number of carboxylic acid groups (broad SMARTS) is 1. The third kappa shape index (κ3) is 2.87. The Kier molecular flexibility index (Phi) is 4.58. The van der Waals surface area contributed by atoms with E-state index in [4.69, 9.17) is 0 Å². The van der Waals surface area contributed by atoms with E-state index in [1.807, 2.05) is 11.6 Å². The monoisotopic (exact) mass is 307 g/mol. The van der Waals surface area contributed by atoms with Crippen molar-refractivity contribution in [1.82, 2.24) is 14.7 Å². The number of aromatic nitrogens is 2. The molecule has 0 bridgehead atoms. The van der Waals surface area contributed by atoms with Crippen LogP contribution in [0.3, 0.4) is 0 Å². The van der Waals surface area contributed by atoms with Crippen LogP contribution in [0.5, 0.6) is 0 Å². The average Bonchev–Trinajstić information content (AvgIpc) is 3.04. The van der Waals surface area contributed by atoms with Crippen molar-refractivity contribution < 1.29 is 14.7 Å². The summed E-state index contributed by atoms with van der Waals surface area (Å²) in [5.41, 5.74) is 0.543. The number of nitrogens with zero attached hydrogens (tertiary/aromatic N) is 3. The van der Waals surface area contributed by atoms with Crippen LogP contribution < -0.4 is 0 Å². The van der Waals surface area contributed by atoms with Crippen molar-refractivity contribution >= 4 is 11.9 Å². The van der Waals surface area contributed by atoms with E-state index in [0.29, 0.717) is 18.7 Å². The molecule has 1 saturated heterocycles. The number of rotatable bonds is 5. The molecule has 1 amide bonds. The number of likely N-dealkylation sites (tertiary alicyclic amines) is 1. The quantitative estimate of drug-likeness (QED) is 0.907. The van der Waals surface area contributed by atoms with Gasteiger partial charge in [0.15, 0.2) is 0 Å². The highest BCUT2D eigenvalue weighted by atomic mass is 16.4. The Balaban J connectivity index is 2.26. The van der Waals surface area contributed by atoms with Crippen LogP contribution in [0.4, 0.5) is 0 Å². The molecule has 6 nitrogen and oxygen atoms in total. The first-order valence-corrected chi connectivity index (χ1v) is 7.91. The van der Waals surface area contributed by atoms with Crippen molar-refractivity contribution in [2.24, 2.45) is 5.41 Å². The second-order valence-electron chi connectivity index (χ2n) is 6.43. The predicted octanol–water partition coefficient (Wildman–Crippen LogP) is 2.49. The SMILES string of the molecule is CCC(CC)n1nc(C)cc1C(=O)N1CCC(C)(C(=O)O)C1. The van der Waals surface area contributed by atoms with Crippen molar-refractivity contribution in [2.45, 2.75) is 53.0 Å². The molecule has 1 aromatic rings. The maximum Gasteiger partial charge on any atom is 0.311 e. The van der Waals surface area contributed by atoms with E-state index < -0.39 is 11.4 Å². The van der Waals surface area contributed by atoms with Crippen LogP contribution in [-0.4, -0.2) is 44.8 Å². The van der Waals surface area contributed by atoms with Crippen molar-refractivity contribution in [3.63, 3.8) is 0 Å². The van der Waals surface area contributed by atoms with Crippen LogP contribution in [0.1, 0.15) is 62.3 Å². The summed E-state index contributed by atoms with van der Waals surface area (Å²) >= 11 is 0. The van der Waals surface area contributed by atoms with Gasteiger partial charge in [0, 0.05) is 13.1 Å². The highest BCUT2D eigenvalue weighted by molar-refractivity contribution is 5.93. The Bertz CT molecular complexity index is 577. The van der Waals surface area contributed by atoms with Crippen LogP contribution in [0.15, 0.2) is 6.07 Å². The largest absolute Gasteiger partial charge is 0.481 e. The summed E-state index contributed by atoms with van der Waals surface area (Å²) in [6, 6.07) is 2.00. The van der Waals surface area contributed by atoms with Crippen LogP contribution in [0.25, 0.3) is 0 Å². The van der Waals surface area contributed by atoms with Gasteiger partial charge in [-0.15, -0.1) is 0 Å². The highest BCUT2D eigenvalue weighted by Crippen LogP contribution is 2.31. The number of aliphatic carboxylic acids is 1. The Morgan fingerprint density at radius 1 is 1.41 bits per heavy atom. The molecule has 1 N–H and O–H groups in total. The van der Waals surface area contributed by atoms with E-state index in [2.05, 4.69) is 18.9 Å². The summed E-state index contributed by atoms with van der Waals surface area (Å²) in [5.74, 6) is -0.954. The van der Waals surface area contributed by atoms with E-state index in [1.165, 1.54) is 0 Å². The number of hydrogen-bond donors (Lipinski definition) is 1. The highest BCUT2D eigenvalue weighted by Gasteiger charge is 2.42. The number of amides is 1. The standard InChI is InChI=1S/C16H25N3O3/c1-5-12(6-2)19-13(9-11(3)17-19)14(20)18-8-7-16(4,10-18)15(21)22/h9,12H,5-8,10H2,1-4H3,(H,21,22). The van der Waals surface area contributed by atoms with Gasteiger partial charge in [-0.3, -0.25) is 14.3 Å². The van der Waals surface area contributed by atoms with Gasteiger partial charge in [-0.1, -0.05) is 13.8 Å². The molecule has 0 saturated carbocycles. The lowest BCUT2D eigenvalue weighted by Crippen LogP contribution is -2.36. The molecule has 1 aromatic heterocycles. The van der Waals surface area contributed by atoms with Crippen molar-refractivity contribution in [3.8, 4) is 0 Å². The predicted molar refractivity (Wildman–Crippen MR) is 82.8 cm³/mol. The summed E-state index contributed by atoms with van der Waals surface area (Å²) < 4.78 is 1.81. The first-order chi connectivity index (χ1) is 10.3. The normalized spacial score (nSPS) is 21.6. The summed E-state index contributed by atoms with van der Waals surface area (Å²) in [6.45, 7) is 8.48. The van der Waals surface area contributed by atoms with Crippen molar-refractivity contribution in [3.05, 3.63) is 17.5 Å². The third-order valence-electron chi connectivity index (χ3n) is 4.64. The van der Waals surface area contributed by atoms with E-state index in [1.54, 1.807) is 17.9 Å². The average molecular weight is 307 g/mol. The fourth-order valence-electron chi connectivity index (χ4n) is 3.06. The number of hydrogen-bond acceptors (Lipinski definition) is 3. The minimum atomic E-state index is -0.843. The molecular formula is C16H25N3O3. The lowest BCUT2D eigenvalue weighted by molar-refractivity contribution is -0.147. The molecule has 1 aliphatic heterocycles. The van der Waals surface area contributed by atoms with Crippen LogP contribution in [0, 0.1) is 12.3 Å². The fraction of sp³-hybridized carbons (Fsp3) is 0.688. The Morgan fingerprint density at radius 3 is 2.55 bits per heavy atom. The Labute approximate surface area is 131 Å². The summed E-state index contributed by atoms with van der Waals surface area (Å²) in [6.07, 6.45) is 2.31. The molecule has 0 aromatic carbocycles. The first kappa shape index (κ1) is 16.5. The van der Waals surface area contributed by atoms with Gasteiger partial charge >= 0.3 is 5.97 Å². The van der Waals surface area contributed by atoms with Crippen LogP contribution in [0.2, 0.25) is 0 Å². The second kappa shape index (κ2) is 6.10. The van der Waals surface area contributed by atoms with Gasteiger partial charge in [0.1, 0.15) is 5.69 Å². The van der Waals surface area contributed by atoms with E-state index in [-0.39, 0.29) is 18.5 Å². The molecule has 1 unspecified atom stereocenters. The zero-order valence-electron chi connectivity index (χ0n) is 13.8. The summed E-state index contributed by atoms with van der Waals surface area (Å²) in [5, 5.41) is 13.8. The lowest BCUT2D eigenvalue weighted by atomic mass is 9.90. The van der Waals surface area contributed by atoms with Gasteiger partial charge in [-0.2, -0.15) is 5.10 Å². The summed E-state index contributed by atoms with van der Waals surface area (Å²) in [4.78, 5) is 25.8. The zero-order valence-corrected chi connectivity index (χ0v) is 13.8. The van der Waals surface area contributed by atoms with Gasteiger partial charge in [-0.25, -0.2) is 0 Å². The molecule has 1 atom stereocenters. The molecule has 6 heteroatoms. The van der Waals surface area contributed by atoms with E-state index in [0.717, 1.165) is 18.5 Å². The smallest absolute Gasteiger partial charge is 0.311 e. The molecule has 0 radical (unpaired) electrons.